The molecule has 1 aliphatic heterocycles. The number of ether oxygens (including phenoxy) is 1. The summed E-state index contributed by atoms with van der Waals surface area (Å²) < 4.78 is 23.4. The highest BCUT2D eigenvalue weighted by Gasteiger charge is 2.27. The van der Waals surface area contributed by atoms with Crippen LogP contribution in [-0.4, -0.2) is 46.6 Å². The average molecular weight is 487 g/mol. The predicted molar refractivity (Wildman–Crippen MR) is 124 cm³/mol. The van der Waals surface area contributed by atoms with E-state index in [2.05, 4.69) is 20.4 Å². The molecular formula is C24H24ClFN4O4. The number of halogens is 2. The van der Waals surface area contributed by atoms with E-state index in [1.54, 1.807) is 31.2 Å². The van der Waals surface area contributed by atoms with Gasteiger partial charge in [-0.05, 0) is 68.8 Å². The first-order valence-electron chi connectivity index (χ1n) is 11.0. The van der Waals surface area contributed by atoms with Gasteiger partial charge in [0.2, 0.25) is 17.6 Å². The number of nitrogens with one attached hydrogen (secondary N) is 1. The van der Waals surface area contributed by atoms with Crippen LogP contribution in [0.5, 0.6) is 0 Å². The topological polar surface area (TPSA) is 97.6 Å². The molecule has 0 spiro atoms. The summed E-state index contributed by atoms with van der Waals surface area (Å²) in [6.07, 6.45) is 1.60. The number of likely N-dealkylation sites (tertiary alicyclic amines) is 1. The van der Waals surface area contributed by atoms with Gasteiger partial charge in [0.05, 0.1) is 29.7 Å². The summed E-state index contributed by atoms with van der Waals surface area (Å²) in [7, 11) is 0. The highest BCUT2D eigenvalue weighted by molar-refractivity contribution is 6.34. The molecule has 2 aromatic carbocycles. The molecule has 0 radical (unpaired) electrons. The van der Waals surface area contributed by atoms with Crippen molar-refractivity contribution in [2.45, 2.75) is 26.3 Å². The van der Waals surface area contributed by atoms with Gasteiger partial charge in [-0.25, -0.2) is 9.18 Å². The van der Waals surface area contributed by atoms with Crippen LogP contribution in [0.25, 0.3) is 11.4 Å². The van der Waals surface area contributed by atoms with Gasteiger partial charge in [0.25, 0.3) is 0 Å². The van der Waals surface area contributed by atoms with Crippen molar-refractivity contribution < 1.29 is 23.2 Å². The number of esters is 1. The normalized spacial score (nSPS) is 16.3. The van der Waals surface area contributed by atoms with Crippen LogP contribution >= 0.6 is 11.6 Å². The van der Waals surface area contributed by atoms with Crippen LogP contribution in [0.3, 0.4) is 0 Å². The highest BCUT2D eigenvalue weighted by atomic mass is 35.5. The number of carbonyl (C=O) groups excluding carboxylic acids is 2. The summed E-state index contributed by atoms with van der Waals surface area (Å²) in [5.74, 6) is -0.357. The quantitative estimate of drug-likeness (QED) is 0.489. The van der Waals surface area contributed by atoms with Crippen LogP contribution in [0, 0.1) is 11.7 Å². The minimum absolute atomic E-state index is 0.123. The molecule has 1 atom stereocenters. The summed E-state index contributed by atoms with van der Waals surface area (Å²) in [6.45, 7) is 3.73. The van der Waals surface area contributed by atoms with E-state index in [1.165, 1.54) is 18.2 Å². The number of aromatic nitrogens is 2. The second-order valence-corrected chi connectivity index (χ2v) is 8.40. The van der Waals surface area contributed by atoms with Gasteiger partial charge in [0, 0.05) is 17.8 Å². The Labute approximate surface area is 201 Å². The molecular weight excluding hydrogens is 463 g/mol. The summed E-state index contributed by atoms with van der Waals surface area (Å²) >= 11 is 6.19. The van der Waals surface area contributed by atoms with Gasteiger partial charge in [0.15, 0.2) is 0 Å². The van der Waals surface area contributed by atoms with Gasteiger partial charge in [-0.1, -0.05) is 16.8 Å². The molecule has 178 valence electrons. The maximum atomic E-state index is 13.1. The molecule has 0 bridgehead atoms. The van der Waals surface area contributed by atoms with Gasteiger partial charge in [-0.3, -0.25) is 9.69 Å². The molecule has 1 saturated heterocycles. The van der Waals surface area contributed by atoms with Gasteiger partial charge in [0.1, 0.15) is 5.82 Å². The summed E-state index contributed by atoms with van der Waals surface area (Å²) in [5.41, 5.74) is 1.44. The van der Waals surface area contributed by atoms with Crippen molar-refractivity contribution >= 4 is 29.2 Å². The number of rotatable bonds is 7. The van der Waals surface area contributed by atoms with Crippen LogP contribution in [0.1, 0.15) is 36.0 Å². The Morgan fingerprint density at radius 2 is 2.06 bits per heavy atom. The molecule has 1 N–H and O–H groups in total. The molecule has 8 nitrogen and oxygen atoms in total. The number of amides is 1. The number of nitrogens with zero attached hydrogens (tertiary/aromatic N) is 3. The maximum Gasteiger partial charge on any atom is 0.339 e. The molecule has 1 aromatic heterocycles. The van der Waals surface area contributed by atoms with E-state index in [1.807, 2.05) is 0 Å². The van der Waals surface area contributed by atoms with Crippen molar-refractivity contribution in [3.05, 3.63) is 64.8 Å². The monoisotopic (exact) mass is 486 g/mol. The molecule has 2 heterocycles. The number of hydrogen-bond donors (Lipinski definition) is 1. The largest absolute Gasteiger partial charge is 0.462 e. The fourth-order valence-electron chi connectivity index (χ4n) is 3.85. The van der Waals surface area contributed by atoms with Gasteiger partial charge < -0.3 is 14.6 Å². The molecule has 1 fully saturated rings. The average Bonchev–Trinajstić information content (AvgIpc) is 3.28. The van der Waals surface area contributed by atoms with Gasteiger partial charge >= 0.3 is 5.97 Å². The van der Waals surface area contributed by atoms with E-state index in [9.17, 15) is 14.0 Å². The Bertz CT molecular complexity index is 1170. The molecule has 3 aromatic rings. The first-order chi connectivity index (χ1) is 16.4. The van der Waals surface area contributed by atoms with Gasteiger partial charge in [-0.15, -0.1) is 0 Å². The van der Waals surface area contributed by atoms with E-state index in [4.69, 9.17) is 20.9 Å². The SMILES string of the molecule is CCOC(=O)c1ccc(NC(=O)C2CCCN(Cc3nc(-c4ccc(F)cc4)no3)C2)cc1Cl. The highest BCUT2D eigenvalue weighted by Crippen LogP contribution is 2.25. The van der Waals surface area contributed by atoms with Crippen LogP contribution < -0.4 is 5.32 Å². The number of hydrogen-bond acceptors (Lipinski definition) is 7. The van der Waals surface area contributed by atoms with Gasteiger partial charge in [-0.2, -0.15) is 4.98 Å². The first kappa shape index (κ1) is 23.8. The minimum atomic E-state index is -0.503. The summed E-state index contributed by atoms with van der Waals surface area (Å²) in [5, 5.41) is 7.07. The van der Waals surface area contributed by atoms with E-state index < -0.39 is 5.97 Å². The number of carbonyl (C=O) groups is 2. The molecule has 4 rings (SSSR count). The molecule has 1 amide bonds. The lowest BCUT2D eigenvalue weighted by Gasteiger charge is -2.30. The third kappa shape index (κ3) is 5.78. The molecule has 0 aliphatic carbocycles. The Hall–Kier alpha value is -3.30. The lowest BCUT2D eigenvalue weighted by molar-refractivity contribution is -0.121. The van der Waals surface area contributed by atoms with E-state index in [0.29, 0.717) is 36.1 Å². The lowest BCUT2D eigenvalue weighted by atomic mass is 9.97. The zero-order valence-corrected chi connectivity index (χ0v) is 19.3. The van der Waals surface area contributed by atoms with E-state index >= 15 is 0 Å². The standard InChI is InChI=1S/C24H24ClFN4O4/c1-2-33-24(32)19-10-9-18(12-20(19)25)27-23(31)16-4-3-11-30(13-16)14-21-28-22(29-34-21)15-5-7-17(26)8-6-15/h5-10,12,16H,2-4,11,13-14H2,1H3,(H,27,31). The second kappa shape index (κ2) is 10.8. The van der Waals surface area contributed by atoms with E-state index in [0.717, 1.165) is 19.4 Å². The third-order valence-electron chi connectivity index (χ3n) is 5.54. The molecule has 1 aliphatic rings. The summed E-state index contributed by atoms with van der Waals surface area (Å²) in [4.78, 5) is 31.2. The van der Waals surface area contributed by atoms with E-state index in [-0.39, 0.29) is 34.8 Å². The van der Waals surface area contributed by atoms with Crippen molar-refractivity contribution in [1.29, 1.82) is 0 Å². The smallest absolute Gasteiger partial charge is 0.339 e. The fraction of sp³-hybridized carbons (Fsp3) is 0.333. The van der Waals surface area contributed by atoms with Crippen LogP contribution in [-0.2, 0) is 16.1 Å². The predicted octanol–water partition coefficient (Wildman–Crippen LogP) is 4.56. The van der Waals surface area contributed by atoms with Crippen LogP contribution in [0.15, 0.2) is 47.0 Å². The summed E-state index contributed by atoms with van der Waals surface area (Å²) in [6, 6.07) is 10.6. The minimum Gasteiger partial charge on any atom is -0.462 e. The molecule has 0 saturated carbocycles. The molecule has 1 unspecified atom stereocenters. The second-order valence-electron chi connectivity index (χ2n) is 8.00. The lowest BCUT2D eigenvalue weighted by Crippen LogP contribution is -2.40. The number of anilines is 1. The zero-order chi connectivity index (χ0) is 24.1. The van der Waals surface area contributed by atoms with Crippen LogP contribution in [0.4, 0.5) is 10.1 Å². The first-order valence-corrected chi connectivity index (χ1v) is 11.4. The van der Waals surface area contributed by atoms with Crippen LogP contribution in [0.2, 0.25) is 5.02 Å². The Morgan fingerprint density at radius 3 is 2.79 bits per heavy atom. The van der Waals surface area contributed by atoms with Crippen molar-refractivity contribution in [3.63, 3.8) is 0 Å². The molecule has 10 heteroatoms. The zero-order valence-electron chi connectivity index (χ0n) is 18.6. The van der Waals surface area contributed by atoms with Crippen molar-refractivity contribution in [3.8, 4) is 11.4 Å². The Kier molecular flexibility index (Phi) is 7.54. The maximum absolute atomic E-state index is 13.1. The van der Waals surface area contributed by atoms with Crippen molar-refractivity contribution in [2.75, 3.05) is 25.0 Å². The number of piperidine rings is 1. The number of benzene rings is 2. The Morgan fingerprint density at radius 1 is 1.26 bits per heavy atom. The Balaban J connectivity index is 1.35. The van der Waals surface area contributed by atoms with Crippen molar-refractivity contribution in [2.24, 2.45) is 5.92 Å². The fourth-order valence-corrected chi connectivity index (χ4v) is 4.11. The molecule has 34 heavy (non-hydrogen) atoms. The van der Waals surface area contributed by atoms with Crippen molar-refractivity contribution in [1.82, 2.24) is 15.0 Å². The third-order valence-corrected chi connectivity index (χ3v) is 5.85.